The molecule has 1 aliphatic rings. The van der Waals surface area contributed by atoms with E-state index in [1.165, 1.54) is 18.2 Å². The number of halogens is 1. The van der Waals surface area contributed by atoms with E-state index >= 15 is 0 Å². The first kappa shape index (κ1) is 23.3. The van der Waals surface area contributed by atoms with Gasteiger partial charge >= 0.3 is 12.1 Å². The second-order valence-electron chi connectivity index (χ2n) is 7.95. The largest absolute Gasteiger partial charge is 0.480 e. The minimum absolute atomic E-state index is 0.0825. The smallest absolute Gasteiger partial charge is 0.411 e. The Morgan fingerprint density at radius 3 is 2.21 bits per heavy atom. The number of rotatable bonds is 7. The molecule has 0 fully saturated rings. The summed E-state index contributed by atoms with van der Waals surface area (Å²) in [5.74, 6) is -1.82. The predicted molar refractivity (Wildman–Crippen MR) is 129 cm³/mol. The van der Waals surface area contributed by atoms with Crippen LogP contribution in [0.5, 0.6) is 0 Å². The second kappa shape index (κ2) is 9.97. The molecular weight excluding hydrogens is 456 g/mol. The Hall–Kier alpha value is -3.84. The van der Waals surface area contributed by atoms with E-state index in [9.17, 15) is 14.4 Å². The van der Waals surface area contributed by atoms with Crippen molar-refractivity contribution in [2.24, 2.45) is 0 Å². The van der Waals surface area contributed by atoms with E-state index in [0.29, 0.717) is 0 Å². The van der Waals surface area contributed by atoms with E-state index < -0.39 is 24.0 Å². The van der Waals surface area contributed by atoms with Crippen LogP contribution in [0.15, 0.2) is 66.7 Å². The lowest BCUT2D eigenvalue weighted by molar-refractivity contribution is -0.139. The number of hydrogen-bond donors (Lipinski definition) is 3. The summed E-state index contributed by atoms with van der Waals surface area (Å²) in [5, 5.41) is 14.4. The SMILES string of the molecule is CC[C@H](NC(=O)c1cc(Cl)cc(NC(=O)OCC2c3ccccc3-c3ccccc32)c1)C(=O)O. The second-order valence-corrected chi connectivity index (χ2v) is 8.39. The molecule has 0 heterocycles. The summed E-state index contributed by atoms with van der Waals surface area (Å²) in [6, 6.07) is 19.3. The number of carbonyl (C=O) groups is 3. The summed E-state index contributed by atoms with van der Waals surface area (Å²) < 4.78 is 5.53. The van der Waals surface area contributed by atoms with Gasteiger partial charge in [0.05, 0.1) is 0 Å². The van der Waals surface area contributed by atoms with Crippen molar-refractivity contribution in [3.63, 3.8) is 0 Å². The quantitative estimate of drug-likeness (QED) is 0.427. The van der Waals surface area contributed by atoms with Gasteiger partial charge in [-0.1, -0.05) is 67.1 Å². The summed E-state index contributed by atoms with van der Waals surface area (Å²) in [7, 11) is 0. The lowest BCUT2D eigenvalue weighted by Crippen LogP contribution is -2.40. The fraction of sp³-hybridized carbons (Fsp3) is 0.192. The molecule has 0 unspecified atom stereocenters. The third-order valence-corrected chi connectivity index (χ3v) is 5.98. The van der Waals surface area contributed by atoms with Crippen molar-refractivity contribution in [3.8, 4) is 11.1 Å². The summed E-state index contributed by atoms with van der Waals surface area (Å²) in [5.41, 5.74) is 4.84. The Labute approximate surface area is 201 Å². The van der Waals surface area contributed by atoms with Crippen molar-refractivity contribution in [2.45, 2.75) is 25.3 Å². The highest BCUT2D eigenvalue weighted by atomic mass is 35.5. The van der Waals surface area contributed by atoms with E-state index in [0.717, 1.165) is 22.3 Å². The van der Waals surface area contributed by atoms with Gasteiger partial charge < -0.3 is 15.2 Å². The molecular formula is C26H23ClN2O5. The molecule has 4 rings (SSSR count). The third-order valence-electron chi connectivity index (χ3n) is 5.76. The number of anilines is 1. The minimum Gasteiger partial charge on any atom is -0.480 e. The number of amides is 2. The maximum atomic E-state index is 12.5. The molecule has 0 spiro atoms. The van der Waals surface area contributed by atoms with E-state index in [1.54, 1.807) is 6.92 Å². The molecule has 3 N–H and O–H groups in total. The maximum absolute atomic E-state index is 12.5. The number of nitrogens with one attached hydrogen (secondary N) is 2. The number of benzene rings is 3. The Bertz CT molecular complexity index is 1210. The van der Waals surface area contributed by atoms with Crippen LogP contribution < -0.4 is 10.6 Å². The first-order valence-electron chi connectivity index (χ1n) is 10.8. The normalized spacial score (nSPS) is 12.9. The number of aliphatic carboxylic acids is 1. The van der Waals surface area contributed by atoms with Gasteiger partial charge in [-0.2, -0.15) is 0 Å². The first-order chi connectivity index (χ1) is 16.4. The molecule has 0 aromatic heterocycles. The maximum Gasteiger partial charge on any atom is 0.411 e. The zero-order valence-electron chi connectivity index (χ0n) is 18.4. The molecule has 2 amide bonds. The standard InChI is InChI=1S/C26H23ClN2O5/c1-2-23(25(31)32)29-24(30)15-11-16(27)13-17(12-15)28-26(33)34-14-22-20-9-5-3-7-18(20)19-8-4-6-10-21(19)22/h3-13,22-23H,2,14H2,1H3,(H,28,33)(H,29,30)(H,31,32)/t23-/m0/s1. The number of ether oxygens (including phenoxy) is 1. The van der Waals surface area contributed by atoms with Gasteiger partial charge in [0.2, 0.25) is 0 Å². The highest BCUT2D eigenvalue weighted by Gasteiger charge is 2.29. The van der Waals surface area contributed by atoms with E-state index in [-0.39, 0.29) is 35.2 Å². The highest BCUT2D eigenvalue weighted by molar-refractivity contribution is 6.31. The molecule has 3 aromatic rings. The van der Waals surface area contributed by atoms with Gasteiger partial charge in [0.15, 0.2) is 0 Å². The van der Waals surface area contributed by atoms with E-state index in [4.69, 9.17) is 21.4 Å². The Morgan fingerprint density at radius 1 is 1.00 bits per heavy atom. The molecule has 0 aliphatic heterocycles. The van der Waals surface area contributed by atoms with Crippen molar-refractivity contribution >= 4 is 35.3 Å². The van der Waals surface area contributed by atoms with Crippen LogP contribution in [0.25, 0.3) is 11.1 Å². The molecule has 0 saturated carbocycles. The summed E-state index contributed by atoms with van der Waals surface area (Å²) in [6.07, 6.45) is -0.459. The Morgan fingerprint density at radius 2 is 1.62 bits per heavy atom. The van der Waals surface area contributed by atoms with Gasteiger partial charge in [0.1, 0.15) is 12.6 Å². The summed E-state index contributed by atoms with van der Waals surface area (Å²) >= 11 is 6.12. The fourth-order valence-corrected chi connectivity index (χ4v) is 4.36. The van der Waals surface area contributed by atoms with Gasteiger partial charge in [-0.15, -0.1) is 0 Å². The van der Waals surface area contributed by atoms with E-state index in [2.05, 4.69) is 22.8 Å². The molecule has 0 bridgehead atoms. The van der Waals surface area contributed by atoms with Crippen LogP contribution in [0, 0.1) is 0 Å². The van der Waals surface area contributed by atoms with E-state index in [1.807, 2.05) is 36.4 Å². The third kappa shape index (κ3) is 4.89. The molecule has 1 aliphatic carbocycles. The molecule has 8 heteroatoms. The minimum atomic E-state index is -1.13. The number of hydrogen-bond acceptors (Lipinski definition) is 4. The lowest BCUT2D eigenvalue weighted by atomic mass is 9.98. The molecule has 174 valence electrons. The van der Waals surface area contributed by atoms with Crippen molar-refractivity contribution in [1.29, 1.82) is 0 Å². The van der Waals surface area contributed by atoms with Crippen LogP contribution in [0.2, 0.25) is 5.02 Å². The van der Waals surface area contributed by atoms with Crippen LogP contribution in [-0.4, -0.2) is 35.7 Å². The van der Waals surface area contributed by atoms with Crippen LogP contribution in [0.3, 0.4) is 0 Å². The molecule has 0 radical (unpaired) electrons. The van der Waals surface area contributed by atoms with Gasteiger partial charge in [-0.25, -0.2) is 9.59 Å². The van der Waals surface area contributed by atoms with Gasteiger partial charge in [0.25, 0.3) is 5.91 Å². The molecule has 1 atom stereocenters. The van der Waals surface area contributed by atoms with Crippen LogP contribution >= 0.6 is 11.6 Å². The average molecular weight is 479 g/mol. The Balaban J connectivity index is 1.44. The number of carbonyl (C=O) groups excluding carboxylic acids is 2. The number of carboxylic acids is 1. The Kier molecular flexibility index (Phi) is 6.84. The van der Waals surface area contributed by atoms with Crippen molar-refractivity contribution in [2.75, 3.05) is 11.9 Å². The number of carboxylic acid groups (broad SMARTS) is 1. The molecule has 3 aromatic carbocycles. The zero-order valence-corrected chi connectivity index (χ0v) is 19.1. The lowest BCUT2D eigenvalue weighted by Gasteiger charge is -2.15. The highest BCUT2D eigenvalue weighted by Crippen LogP contribution is 2.44. The topological polar surface area (TPSA) is 105 Å². The average Bonchev–Trinajstić information content (AvgIpc) is 3.14. The summed E-state index contributed by atoms with van der Waals surface area (Å²) in [4.78, 5) is 36.2. The van der Waals surface area contributed by atoms with Gasteiger partial charge in [-0.05, 0) is 46.9 Å². The van der Waals surface area contributed by atoms with Crippen molar-refractivity contribution in [1.82, 2.24) is 5.32 Å². The monoisotopic (exact) mass is 478 g/mol. The van der Waals surface area contributed by atoms with Crippen molar-refractivity contribution < 1.29 is 24.2 Å². The fourth-order valence-electron chi connectivity index (χ4n) is 4.13. The summed E-state index contributed by atoms with van der Waals surface area (Å²) in [6.45, 7) is 1.80. The zero-order chi connectivity index (χ0) is 24.2. The molecule has 34 heavy (non-hydrogen) atoms. The van der Waals surface area contributed by atoms with Crippen molar-refractivity contribution in [3.05, 3.63) is 88.4 Å². The van der Waals surface area contributed by atoms with Gasteiger partial charge in [-0.3, -0.25) is 10.1 Å². The van der Waals surface area contributed by atoms with Crippen LogP contribution in [-0.2, 0) is 9.53 Å². The van der Waals surface area contributed by atoms with Crippen LogP contribution in [0.1, 0.15) is 40.7 Å². The molecule has 7 nitrogen and oxygen atoms in total. The predicted octanol–water partition coefficient (Wildman–Crippen LogP) is 5.29. The van der Waals surface area contributed by atoms with Gasteiger partial charge in [0, 0.05) is 22.2 Å². The van der Waals surface area contributed by atoms with Crippen LogP contribution in [0.4, 0.5) is 10.5 Å². The number of fused-ring (bicyclic) bond motifs is 3. The first-order valence-corrected chi connectivity index (χ1v) is 11.2. The molecule has 0 saturated heterocycles.